The molecule has 0 aliphatic carbocycles. The highest BCUT2D eigenvalue weighted by atomic mass is 35.5. The molecule has 0 fully saturated rings. The van der Waals surface area contributed by atoms with Crippen LogP contribution in [-0.4, -0.2) is 5.21 Å². The maximum atomic E-state index is 8.98. The van der Waals surface area contributed by atoms with Crippen molar-refractivity contribution < 1.29 is 10.1 Å². The van der Waals surface area contributed by atoms with Crippen LogP contribution in [0.3, 0.4) is 0 Å². The SMILES string of the molecule is ON1ONc2cc(Cl)ccc21. The largest absolute Gasteiger partial charge is 0.262 e. The third kappa shape index (κ3) is 1.01. The summed E-state index contributed by atoms with van der Waals surface area (Å²) in [5, 5.41) is 10.2. The molecule has 1 heterocycles. The summed E-state index contributed by atoms with van der Waals surface area (Å²) < 4.78 is 0. The Morgan fingerprint density at radius 3 is 3.18 bits per heavy atom. The molecule has 2 N–H and O–H groups in total. The van der Waals surface area contributed by atoms with Crippen LogP contribution in [0.1, 0.15) is 0 Å². The average Bonchev–Trinajstić information content (AvgIpc) is 2.32. The number of nitrogens with zero attached hydrogens (tertiary/aromatic N) is 1. The quantitative estimate of drug-likeness (QED) is 0.627. The summed E-state index contributed by atoms with van der Waals surface area (Å²) in [6.07, 6.45) is 0. The molecule has 11 heavy (non-hydrogen) atoms. The first kappa shape index (κ1) is 6.72. The third-order valence-corrected chi connectivity index (χ3v) is 1.64. The van der Waals surface area contributed by atoms with Crippen LogP contribution in [0.4, 0.5) is 11.4 Å². The van der Waals surface area contributed by atoms with Crippen molar-refractivity contribution in [3.8, 4) is 0 Å². The third-order valence-electron chi connectivity index (χ3n) is 1.41. The normalized spacial score (nSPS) is 14.5. The summed E-state index contributed by atoms with van der Waals surface area (Å²) in [7, 11) is 0. The zero-order valence-corrected chi connectivity index (χ0v) is 6.17. The average molecular weight is 173 g/mol. The van der Waals surface area contributed by atoms with E-state index in [1.54, 1.807) is 18.2 Å². The van der Waals surface area contributed by atoms with E-state index in [0.29, 0.717) is 21.6 Å². The Balaban J connectivity index is 2.50. The van der Waals surface area contributed by atoms with E-state index in [4.69, 9.17) is 16.8 Å². The van der Waals surface area contributed by atoms with Gasteiger partial charge in [-0.25, -0.2) is 5.48 Å². The lowest BCUT2D eigenvalue weighted by Gasteiger charge is -2.02. The van der Waals surface area contributed by atoms with Gasteiger partial charge in [0, 0.05) is 5.02 Å². The fourth-order valence-corrected chi connectivity index (χ4v) is 1.07. The number of benzene rings is 1. The van der Waals surface area contributed by atoms with Gasteiger partial charge in [-0.15, -0.1) is 10.2 Å². The molecule has 5 heteroatoms. The topological polar surface area (TPSA) is 44.7 Å². The lowest BCUT2D eigenvalue weighted by atomic mass is 10.3. The first-order chi connectivity index (χ1) is 5.27. The van der Waals surface area contributed by atoms with E-state index in [9.17, 15) is 0 Å². The zero-order valence-electron chi connectivity index (χ0n) is 5.41. The van der Waals surface area contributed by atoms with Crippen LogP contribution in [0.2, 0.25) is 5.02 Å². The summed E-state index contributed by atoms with van der Waals surface area (Å²) in [5.74, 6) is 0. The van der Waals surface area contributed by atoms with Gasteiger partial charge in [-0.1, -0.05) is 11.6 Å². The monoisotopic (exact) mass is 172 g/mol. The van der Waals surface area contributed by atoms with E-state index >= 15 is 0 Å². The number of fused-ring (bicyclic) bond motifs is 1. The van der Waals surface area contributed by atoms with Crippen LogP contribution in [0.15, 0.2) is 18.2 Å². The predicted molar refractivity (Wildman–Crippen MR) is 40.4 cm³/mol. The molecule has 0 amide bonds. The molecule has 0 saturated heterocycles. The molecule has 0 radical (unpaired) electrons. The molecule has 1 aliphatic rings. The molecule has 0 saturated carbocycles. The van der Waals surface area contributed by atoms with Gasteiger partial charge in [0.1, 0.15) is 5.69 Å². The smallest absolute Gasteiger partial charge is 0.122 e. The lowest BCUT2D eigenvalue weighted by Crippen LogP contribution is -2.13. The van der Waals surface area contributed by atoms with E-state index in [0.717, 1.165) is 0 Å². The standard InChI is InChI=1S/C6H5ClN2O2/c7-4-1-2-6-5(3-4)8-11-9(6)10/h1-3,8,10H. The molecule has 1 aromatic carbocycles. The van der Waals surface area contributed by atoms with Gasteiger partial charge in [0.05, 0.1) is 5.69 Å². The van der Waals surface area contributed by atoms with E-state index in [1.807, 2.05) is 0 Å². The minimum Gasteiger partial charge on any atom is -0.262 e. The van der Waals surface area contributed by atoms with Gasteiger partial charge in [0.2, 0.25) is 0 Å². The number of hydrogen-bond donors (Lipinski definition) is 2. The number of nitrogens with one attached hydrogen (secondary N) is 1. The van der Waals surface area contributed by atoms with E-state index in [1.165, 1.54) is 0 Å². The Bertz CT molecular complexity index is 292. The van der Waals surface area contributed by atoms with Crippen molar-refractivity contribution in [3.63, 3.8) is 0 Å². The van der Waals surface area contributed by atoms with E-state index in [-0.39, 0.29) is 0 Å². The Hall–Kier alpha value is -0.970. The van der Waals surface area contributed by atoms with Crippen LogP contribution >= 0.6 is 11.6 Å². The summed E-state index contributed by atoms with van der Waals surface area (Å²) in [6, 6.07) is 4.98. The van der Waals surface area contributed by atoms with Gasteiger partial charge in [-0.05, 0) is 18.2 Å². The first-order valence-electron chi connectivity index (χ1n) is 2.99. The van der Waals surface area contributed by atoms with Crippen molar-refractivity contribution in [1.29, 1.82) is 0 Å². The molecule has 58 valence electrons. The fraction of sp³-hybridized carbons (Fsp3) is 0. The first-order valence-corrected chi connectivity index (χ1v) is 3.37. The van der Waals surface area contributed by atoms with Crippen molar-refractivity contribution in [2.45, 2.75) is 0 Å². The Morgan fingerprint density at radius 2 is 2.36 bits per heavy atom. The van der Waals surface area contributed by atoms with Crippen molar-refractivity contribution >= 4 is 23.0 Å². The van der Waals surface area contributed by atoms with E-state index < -0.39 is 0 Å². The van der Waals surface area contributed by atoms with Crippen LogP contribution in [0.5, 0.6) is 0 Å². The van der Waals surface area contributed by atoms with Gasteiger partial charge >= 0.3 is 0 Å². The summed E-state index contributed by atoms with van der Waals surface area (Å²) in [6.45, 7) is 0. The van der Waals surface area contributed by atoms with Crippen molar-refractivity contribution in [1.82, 2.24) is 0 Å². The summed E-state index contributed by atoms with van der Waals surface area (Å²) in [5.41, 5.74) is 3.69. The van der Waals surface area contributed by atoms with Gasteiger partial charge in [0.25, 0.3) is 0 Å². The highest BCUT2D eigenvalue weighted by Gasteiger charge is 2.17. The van der Waals surface area contributed by atoms with Gasteiger partial charge in [-0.3, -0.25) is 5.21 Å². The molecule has 1 aromatic rings. The fourth-order valence-electron chi connectivity index (χ4n) is 0.898. The molecule has 0 bridgehead atoms. The molecule has 4 nitrogen and oxygen atoms in total. The predicted octanol–water partition coefficient (Wildman–Crippen LogP) is 1.81. The van der Waals surface area contributed by atoms with Crippen molar-refractivity contribution in [3.05, 3.63) is 23.2 Å². The highest BCUT2D eigenvalue weighted by Crippen LogP contribution is 2.32. The second-order valence-corrected chi connectivity index (χ2v) is 2.56. The minimum absolute atomic E-state index is 0.550. The molecule has 0 atom stereocenters. The van der Waals surface area contributed by atoms with Gasteiger partial charge in [0.15, 0.2) is 0 Å². The van der Waals surface area contributed by atoms with Crippen molar-refractivity contribution in [2.24, 2.45) is 0 Å². The maximum absolute atomic E-state index is 8.98. The molecular weight excluding hydrogens is 168 g/mol. The second kappa shape index (κ2) is 2.27. The molecule has 1 aliphatic heterocycles. The van der Waals surface area contributed by atoms with E-state index in [2.05, 4.69) is 10.4 Å². The lowest BCUT2D eigenvalue weighted by molar-refractivity contribution is 0.000618. The van der Waals surface area contributed by atoms with Crippen LogP contribution < -0.4 is 10.7 Å². The Labute approximate surface area is 67.8 Å². The van der Waals surface area contributed by atoms with Crippen LogP contribution in [0, 0.1) is 0 Å². The Kier molecular flexibility index (Phi) is 1.38. The summed E-state index contributed by atoms with van der Waals surface area (Å²) in [4.78, 5) is 4.56. The van der Waals surface area contributed by atoms with Crippen LogP contribution in [-0.2, 0) is 4.94 Å². The molecule has 0 unspecified atom stereocenters. The van der Waals surface area contributed by atoms with Gasteiger partial charge < -0.3 is 0 Å². The molecule has 2 rings (SSSR count). The Morgan fingerprint density at radius 1 is 1.55 bits per heavy atom. The molecular formula is C6H5ClN2O2. The number of hydrogen-bond acceptors (Lipinski definition) is 4. The van der Waals surface area contributed by atoms with Crippen LogP contribution in [0.25, 0.3) is 0 Å². The highest BCUT2D eigenvalue weighted by molar-refractivity contribution is 6.31. The molecule has 0 spiro atoms. The summed E-state index contributed by atoms with van der Waals surface area (Å²) >= 11 is 5.68. The number of halogens is 1. The van der Waals surface area contributed by atoms with Gasteiger partial charge in [-0.2, -0.15) is 0 Å². The molecule has 0 aromatic heterocycles. The second-order valence-electron chi connectivity index (χ2n) is 2.13. The maximum Gasteiger partial charge on any atom is 0.122 e. The zero-order chi connectivity index (χ0) is 7.84. The number of anilines is 2. The number of rotatable bonds is 0. The van der Waals surface area contributed by atoms with Crippen molar-refractivity contribution in [2.75, 3.05) is 10.7 Å². The minimum atomic E-state index is 0.550.